The van der Waals surface area contributed by atoms with E-state index >= 15 is 0 Å². The first-order chi connectivity index (χ1) is 17.3. The highest BCUT2D eigenvalue weighted by Crippen LogP contribution is 2.46. The minimum Gasteiger partial charge on any atom is -0.444 e. The molecule has 12 heteroatoms. The molecule has 2 heterocycles. The fourth-order valence-corrected chi connectivity index (χ4v) is 3.55. The Labute approximate surface area is 220 Å². The maximum atomic E-state index is 14.5. The molecule has 0 fully saturated rings. The van der Waals surface area contributed by atoms with Crippen molar-refractivity contribution in [2.75, 3.05) is 5.32 Å². The summed E-state index contributed by atoms with van der Waals surface area (Å²) >= 11 is 3.28. The number of nitrogens with zero attached hydrogens (tertiary/aromatic N) is 3. The van der Waals surface area contributed by atoms with Crippen LogP contribution in [0.2, 0.25) is 0 Å². The van der Waals surface area contributed by atoms with E-state index in [2.05, 4.69) is 43.0 Å². The molecule has 2 aromatic heterocycles. The second-order valence-corrected chi connectivity index (χ2v) is 9.87. The standard InChI is InChI=1S/C25H26BrF3N4O4/c1-6-12-24(25(27,28)29,35-14-16-10-8-7-9-11-16)21-33-32-20(36-21)18-17(13-15(2)19(26)31-18)30-22(34)37-23(3,4)5/h6-11,13H,1,12,14H2,2-5H3,(H,30,34). The summed E-state index contributed by atoms with van der Waals surface area (Å²) < 4.78 is 60.1. The molecule has 0 aliphatic rings. The second-order valence-electron chi connectivity index (χ2n) is 9.12. The molecule has 198 valence electrons. The van der Waals surface area contributed by atoms with Gasteiger partial charge in [-0.05, 0) is 60.8 Å². The Morgan fingerprint density at radius 1 is 1.19 bits per heavy atom. The van der Waals surface area contributed by atoms with E-state index in [1.54, 1.807) is 64.1 Å². The summed E-state index contributed by atoms with van der Waals surface area (Å²) in [6, 6.07) is 9.93. The van der Waals surface area contributed by atoms with Crippen molar-refractivity contribution in [3.8, 4) is 11.6 Å². The summed E-state index contributed by atoms with van der Waals surface area (Å²) in [5.41, 5.74) is -2.54. The number of carbonyl (C=O) groups is 1. The van der Waals surface area contributed by atoms with Gasteiger partial charge in [0, 0.05) is 6.42 Å². The summed E-state index contributed by atoms with van der Waals surface area (Å²) in [6.07, 6.45) is -5.34. The van der Waals surface area contributed by atoms with Gasteiger partial charge in [-0.15, -0.1) is 16.8 Å². The number of ether oxygens (including phenoxy) is 2. The van der Waals surface area contributed by atoms with E-state index < -0.39 is 35.8 Å². The zero-order valence-corrected chi connectivity index (χ0v) is 22.2. The molecule has 1 unspecified atom stereocenters. The van der Waals surface area contributed by atoms with E-state index in [0.717, 1.165) is 6.08 Å². The molecular weight excluding hydrogens is 557 g/mol. The minimum absolute atomic E-state index is 0.0557. The van der Waals surface area contributed by atoms with E-state index in [1.807, 2.05) is 0 Å². The van der Waals surface area contributed by atoms with E-state index in [0.29, 0.717) is 15.7 Å². The van der Waals surface area contributed by atoms with Crippen LogP contribution >= 0.6 is 15.9 Å². The van der Waals surface area contributed by atoms with Crippen LogP contribution in [0.15, 0.2) is 58.1 Å². The molecule has 1 N–H and O–H groups in total. The van der Waals surface area contributed by atoms with Gasteiger partial charge in [-0.2, -0.15) is 13.2 Å². The fourth-order valence-electron chi connectivity index (χ4n) is 3.26. The van der Waals surface area contributed by atoms with Gasteiger partial charge in [-0.25, -0.2) is 9.78 Å². The van der Waals surface area contributed by atoms with Gasteiger partial charge in [-0.3, -0.25) is 5.32 Å². The number of rotatable bonds is 8. The molecule has 3 aromatic rings. The number of benzene rings is 1. The average Bonchev–Trinajstić information content (AvgIpc) is 3.28. The maximum absolute atomic E-state index is 14.5. The van der Waals surface area contributed by atoms with Crippen LogP contribution in [0.5, 0.6) is 0 Å². The van der Waals surface area contributed by atoms with Crippen LogP contribution in [0, 0.1) is 6.92 Å². The van der Waals surface area contributed by atoms with E-state index in [9.17, 15) is 18.0 Å². The number of halogens is 4. The zero-order valence-electron chi connectivity index (χ0n) is 20.6. The van der Waals surface area contributed by atoms with Gasteiger partial charge >= 0.3 is 12.3 Å². The monoisotopic (exact) mass is 582 g/mol. The molecule has 0 saturated heterocycles. The van der Waals surface area contributed by atoms with Gasteiger partial charge in [0.15, 0.2) is 5.69 Å². The average molecular weight is 583 g/mol. The smallest absolute Gasteiger partial charge is 0.426 e. The fraction of sp³-hybridized carbons (Fsp3) is 0.360. The van der Waals surface area contributed by atoms with Crippen molar-refractivity contribution >= 4 is 27.7 Å². The highest BCUT2D eigenvalue weighted by Gasteiger charge is 2.60. The van der Waals surface area contributed by atoms with Crippen LogP contribution in [0.4, 0.5) is 23.7 Å². The van der Waals surface area contributed by atoms with Gasteiger partial charge in [-0.1, -0.05) is 36.4 Å². The van der Waals surface area contributed by atoms with E-state index in [-0.39, 0.29) is 23.9 Å². The molecule has 37 heavy (non-hydrogen) atoms. The quantitative estimate of drug-likeness (QED) is 0.223. The first-order valence-electron chi connectivity index (χ1n) is 11.1. The van der Waals surface area contributed by atoms with Crippen LogP contribution < -0.4 is 5.32 Å². The van der Waals surface area contributed by atoms with Crippen molar-refractivity contribution in [2.45, 2.75) is 58.1 Å². The van der Waals surface area contributed by atoms with Crippen LogP contribution in [-0.2, 0) is 21.7 Å². The molecule has 0 bridgehead atoms. The lowest BCUT2D eigenvalue weighted by Crippen LogP contribution is -2.45. The Bertz CT molecular complexity index is 1260. The predicted molar refractivity (Wildman–Crippen MR) is 134 cm³/mol. The molecule has 0 aliphatic carbocycles. The number of hydrogen-bond acceptors (Lipinski definition) is 7. The summed E-state index contributed by atoms with van der Waals surface area (Å²) in [5, 5.41) is 10.0. The van der Waals surface area contributed by atoms with Crippen molar-refractivity contribution in [2.24, 2.45) is 0 Å². The number of amides is 1. The van der Waals surface area contributed by atoms with Crippen molar-refractivity contribution in [3.63, 3.8) is 0 Å². The third kappa shape index (κ3) is 6.75. The van der Waals surface area contributed by atoms with Gasteiger partial charge in [0.25, 0.3) is 11.8 Å². The third-order valence-electron chi connectivity index (χ3n) is 4.98. The predicted octanol–water partition coefficient (Wildman–Crippen LogP) is 7.10. The molecule has 3 rings (SSSR count). The van der Waals surface area contributed by atoms with E-state index in [1.165, 1.54) is 0 Å². The molecule has 1 amide bonds. The highest BCUT2D eigenvalue weighted by atomic mass is 79.9. The molecule has 0 aliphatic heterocycles. The molecule has 0 saturated carbocycles. The molecule has 8 nitrogen and oxygen atoms in total. The summed E-state index contributed by atoms with van der Waals surface area (Å²) in [6.45, 7) is 9.87. The van der Waals surface area contributed by atoms with Gasteiger partial charge < -0.3 is 13.9 Å². The summed E-state index contributed by atoms with van der Waals surface area (Å²) in [5.74, 6) is -1.18. The maximum Gasteiger partial charge on any atom is 0.426 e. The van der Waals surface area contributed by atoms with Crippen molar-refractivity contribution in [1.82, 2.24) is 15.2 Å². The van der Waals surface area contributed by atoms with Crippen molar-refractivity contribution < 1.29 is 31.9 Å². The van der Waals surface area contributed by atoms with Gasteiger partial charge in [0.1, 0.15) is 10.2 Å². The summed E-state index contributed by atoms with van der Waals surface area (Å²) in [7, 11) is 0. The number of alkyl halides is 3. The Morgan fingerprint density at radius 3 is 2.46 bits per heavy atom. The van der Waals surface area contributed by atoms with Crippen LogP contribution in [0.3, 0.4) is 0 Å². The Hall–Kier alpha value is -3.25. The number of hydrogen-bond donors (Lipinski definition) is 1. The number of carbonyl (C=O) groups excluding carboxylic acids is 1. The molecule has 1 atom stereocenters. The minimum atomic E-state index is -4.93. The zero-order chi connectivity index (χ0) is 27.4. The Balaban J connectivity index is 2.04. The van der Waals surface area contributed by atoms with Crippen molar-refractivity contribution in [3.05, 3.63) is 70.7 Å². The first-order valence-corrected chi connectivity index (χ1v) is 11.9. The molecular formula is C25H26BrF3N4O4. The lowest BCUT2D eigenvalue weighted by atomic mass is 9.98. The topological polar surface area (TPSA) is 99.4 Å². The number of aryl methyl sites for hydroxylation is 1. The summed E-state index contributed by atoms with van der Waals surface area (Å²) in [4.78, 5) is 16.7. The number of anilines is 1. The SMILES string of the molecule is C=CCC(OCc1ccccc1)(c1nnc(-c2nc(Br)c(C)cc2NC(=O)OC(C)(C)C)o1)C(F)(F)F. The third-order valence-corrected chi connectivity index (χ3v) is 5.78. The number of nitrogens with one attached hydrogen (secondary N) is 1. The Morgan fingerprint density at radius 2 is 1.86 bits per heavy atom. The molecule has 0 radical (unpaired) electrons. The van der Waals surface area contributed by atoms with Gasteiger partial charge in [0.05, 0.1) is 12.3 Å². The molecule has 1 aromatic carbocycles. The van der Waals surface area contributed by atoms with Crippen LogP contribution in [0.25, 0.3) is 11.6 Å². The first kappa shape index (κ1) is 28.3. The van der Waals surface area contributed by atoms with Crippen molar-refractivity contribution in [1.29, 1.82) is 0 Å². The highest BCUT2D eigenvalue weighted by molar-refractivity contribution is 9.10. The lowest BCUT2D eigenvalue weighted by Gasteiger charge is -2.31. The van der Waals surface area contributed by atoms with Crippen LogP contribution in [-0.4, -0.2) is 33.1 Å². The van der Waals surface area contributed by atoms with Crippen LogP contribution in [0.1, 0.15) is 44.2 Å². The lowest BCUT2D eigenvalue weighted by molar-refractivity contribution is -0.295. The van der Waals surface area contributed by atoms with Gasteiger partial charge in [0.2, 0.25) is 5.60 Å². The molecule has 0 spiro atoms. The Kier molecular flexibility index (Phi) is 8.43. The number of aromatic nitrogens is 3. The second kappa shape index (κ2) is 11.0. The normalized spacial score (nSPS) is 13.6. The van der Waals surface area contributed by atoms with E-state index in [4.69, 9.17) is 13.9 Å². The number of pyridine rings is 1. The largest absolute Gasteiger partial charge is 0.444 e.